The van der Waals surface area contributed by atoms with E-state index in [2.05, 4.69) is 9.97 Å². The smallest absolute Gasteiger partial charge is 0.324 e. The average molecular weight is 313 g/mol. The van der Waals surface area contributed by atoms with Gasteiger partial charge in [-0.3, -0.25) is 4.79 Å². The molecule has 0 unspecified atom stereocenters. The monoisotopic (exact) mass is 313 g/mol. The average Bonchev–Trinajstić information content (AvgIpc) is 3.03. The van der Waals surface area contributed by atoms with Gasteiger partial charge in [0.25, 0.3) is 0 Å². The highest BCUT2D eigenvalue weighted by atomic mass is 32.2. The third kappa shape index (κ3) is 2.96. The predicted molar refractivity (Wildman–Crippen MR) is 84.7 cm³/mol. The maximum atomic E-state index is 12.3. The highest BCUT2D eigenvalue weighted by molar-refractivity contribution is 8.00. The van der Waals surface area contributed by atoms with Crippen LogP contribution in [-0.4, -0.2) is 26.9 Å². The van der Waals surface area contributed by atoms with Gasteiger partial charge in [0.2, 0.25) is 0 Å². The molecule has 0 saturated carbocycles. The van der Waals surface area contributed by atoms with Gasteiger partial charge in [-0.05, 0) is 12.5 Å². The van der Waals surface area contributed by atoms with Crippen LogP contribution >= 0.6 is 11.8 Å². The van der Waals surface area contributed by atoms with Gasteiger partial charge in [0, 0.05) is 24.8 Å². The first kappa shape index (κ1) is 14.6. The van der Waals surface area contributed by atoms with Gasteiger partial charge in [-0.15, -0.1) is 0 Å². The van der Waals surface area contributed by atoms with Crippen molar-refractivity contribution >= 4 is 23.4 Å². The summed E-state index contributed by atoms with van der Waals surface area (Å²) in [4.78, 5) is 21.0. The number of hydrogen-bond donors (Lipinski definition) is 0. The van der Waals surface area contributed by atoms with Gasteiger partial charge in [0.15, 0.2) is 5.65 Å². The molecule has 0 N–H and O–H groups in total. The Balaban J connectivity index is 1.96. The minimum atomic E-state index is -0.462. The lowest BCUT2D eigenvalue weighted by atomic mass is 10.1. The molecule has 22 heavy (non-hydrogen) atoms. The van der Waals surface area contributed by atoms with E-state index in [1.165, 1.54) is 11.8 Å². The van der Waals surface area contributed by atoms with Gasteiger partial charge >= 0.3 is 5.97 Å². The van der Waals surface area contributed by atoms with Crippen LogP contribution in [0.15, 0.2) is 60.1 Å². The first-order valence-corrected chi connectivity index (χ1v) is 7.83. The third-order valence-corrected chi connectivity index (χ3v) is 4.32. The zero-order valence-electron chi connectivity index (χ0n) is 12.0. The lowest BCUT2D eigenvalue weighted by Gasteiger charge is -2.15. The second-order valence-electron chi connectivity index (χ2n) is 4.55. The van der Waals surface area contributed by atoms with Crippen LogP contribution in [0.4, 0.5) is 0 Å². The van der Waals surface area contributed by atoms with Crippen molar-refractivity contribution in [3.05, 3.63) is 60.7 Å². The zero-order valence-corrected chi connectivity index (χ0v) is 12.9. The van der Waals surface area contributed by atoms with Crippen molar-refractivity contribution in [2.75, 3.05) is 6.61 Å². The molecule has 1 atom stereocenters. The number of aromatic nitrogens is 3. The van der Waals surface area contributed by atoms with Crippen LogP contribution in [0.2, 0.25) is 0 Å². The molecule has 0 aliphatic rings. The van der Waals surface area contributed by atoms with Crippen LogP contribution in [0, 0.1) is 0 Å². The van der Waals surface area contributed by atoms with Crippen molar-refractivity contribution in [3.63, 3.8) is 0 Å². The number of esters is 1. The molecule has 3 rings (SSSR count). The molecular weight excluding hydrogens is 298 g/mol. The molecule has 0 radical (unpaired) electrons. The first-order valence-electron chi connectivity index (χ1n) is 6.95. The Labute approximate surface area is 132 Å². The Hall–Kier alpha value is -2.34. The van der Waals surface area contributed by atoms with Gasteiger partial charge in [-0.2, -0.15) is 0 Å². The van der Waals surface area contributed by atoms with E-state index in [0.29, 0.717) is 11.6 Å². The molecule has 0 saturated heterocycles. The van der Waals surface area contributed by atoms with E-state index >= 15 is 0 Å². The first-order chi connectivity index (χ1) is 10.8. The van der Waals surface area contributed by atoms with Crippen molar-refractivity contribution in [3.8, 4) is 0 Å². The number of thioether (sulfide) groups is 1. The van der Waals surface area contributed by atoms with Crippen LogP contribution in [-0.2, 0) is 9.53 Å². The summed E-state index contributed by atoms with van der Waals surface area (Å²) in [5, 5.41) is 0.242. The standard InChI is InChI=1S/C16H15N3O2S/c1-2-21-16(20)13(12-6-4-3-5-7-12)22-15-14-17-8-10-19(14)11-9-18-15/h3-11,13H,2H2,1H3/t13-/m1/s1. The summed E-state index contributed by atoms with van der Waals surface area (Å²) >= 11 is 1.35. The molecule has 3 aromatic rings. The molecule has 2 aromatic heterocycles. The van der Waals surface area contributed by atoms with E-state index < -0.39 is 5.25 Å². The fourth-order valence-electron chi connectivity index (χ4n) is 2.12. The largest absolute Gasteiger partial charge is 0.465 e. The molecule has 0 aliphatic heterocycles. The second-order valence-corrected chi connectivity index (χ2v) is 5.64. The number of fused-ring (bicyclic) bond motifs is 1. The summed E-state index contributed by atoms with van der Waals surface area (Å²) in [6, 6.07) is 9.57. The Morgan fingerprint density at radius 1 is 1.23 bits per heavy atom. The van der Waals surface area contributed by atoms with Crippen LogP contribution < -0.4 is 0 Å². The second kappa shape index (κ2) is 6.62. The van der Waals surface area contributed by atoms with Gasteiger partial charge < -0.3 is 9.14 Å². The number of imidazole rings is 1. The molecule has 6 heteroatoms. The number of carbonyl (C=O) groups excluding carboxylic acids is 1. The summed E-state index contributed by atoms with van der Waals surface area (Å²) in [6.07, 6.45) is 7.09. The molecule has 0 fully saturated rings. The van der Waals surface area contributed by atoms with Crippen LogP contribution in [0.5, 0.6) is 0 Å². The van der Waals surface area contributed by atoms with Crippen LogP contribution in [0.3, 0.4) is 0 Å². The minimum absolute atomic E-state index is 0.269. The summed E-state index contributed by atoms with van der Waals surface area (Å²) in [6.45, 7) is 2.15. The molecule has 0 amide bonds. The number of rotatable bonds is 5. The van der Waals surface area contributed by atoms with Crippen molar-refractivity contribution in [1.82, 2.24) is 14.4 Å². The highest BCUT2D eigenvalue weighted by Crippen LogP contribution is 2.36. The van der Waals surface area contributed by atoms with E-state index in [-0.39, 0.29) is 5.97 Å². The minimum Gasteiger partial charge on any atom is -0.465 e. The Morgan fingerprint density at radius 2 is 1.95 bits per heavy atom. The van der Waals surface area contributed by atoms with Crippen molar-refractivity contribution in [2.24, 2.45) is 0 Å². The zero-order chi connectivity index (χ0) is 15.4. The van der Waals surface area contributed by atoms with E-state index in [0.717, 1.165) is 11.2 Å². The topological polar surface area (TPSA) is 56.5 Å². The lowest BCUT2D eigenvalue weighted by Crippen LogP contribution is -2.13. The number of benzene rings is 1. The van der Waals surface area contributed by atoms with Crippen molar-refractivity contribution < 1.29 is 9.53 Å². The number of hydrogen-bond acceptors (Lipinski definition) is 5. The Kier molecular flexibility index (Phi) is 4.39. The maximum Gasteiger partial charge on any atom is 0.324 e. The number of nitrogens with zero attached hydrogens (tertiary/aromatic N) is 3. The number of carbonyl (C=O) groups is 1. The summed E-state index contributed by atoms with van der Waals surface area (Å²) < 4.78 is 7.09. The van der Waals surface area contributed by atoms with Gasteiger partial charge in [0.05, 0.1) is 6.61 Å². The van der Waals surface area contributed by atoms with E-state index in [9.17, 15) is 4.79 Å². The van der Waals surface area contributed by atoms with E-state index in [1.54, 1.807) is 19.3 Å². The van der Waals surface area contributed by atoms with Gasteiger partial charge in [-0.25, -0.2) is 9.97 Å². The summed E-state index contributed by atoms with van der Waals surface area (Å²) in [7, 11) is 0. The molecule has 1 aromatic carbocycles. The fraction of sp³-hybridized carbons (Fsp3) is 0.188. The Bertz CT molecular complexity index is 773. The molecule has 0 bridgehead atoms. The fourth-order valence-corrected chi connectivity index (χ4v) is 3.19. The van der Waals surface area contributed by atoms with E-state index in [1.807, 2.05) is 47.1 Å². The normalized spacial score (nSPS) is 12.2. The molecule has 2 heterocycles. The highest BCUT2D eigenvalue weighted by Gasteiger charge is 2.25. The molecule has 0 spiro atoms. The summed E-state index contributed by atoms with van der Waals surface area (Å²) in [5.41, 5.74) is 1.62. The van der Waals surface area contributed by atoms with Gasteiger partial charge in [0.1, 0.15) is 10.3 Å². The predicted octanol–water partition coefficient (Wildman–Crippen LogP) is 3.13. The van der Waals surface area contributed by atoms with Crippen LogP contribution in [0.1, 0.15) is 17.7 Å². The van der Waals surface area contributed by atoms with Crippen molar-refractivity contribution in [1.29, 1.82) is 0 Å². The van der Waals surface area contributed by atoms with Gasteiger partial charge in [-0.1, -0.05) is 42.1 Å². The number of ether oxygens (including phenoxy) is 1. The lowest BCUT2D eigenvalue weighted by molar-refractivity contribution is -0.142. The molecule has 0 aliphatic carbocycles. The van der Waals surface area contributed by atoms with Crippen molar-refractivity contribution in [2.45, 2.75) is 17.2 Å². The molecular formula is C16H15N3O2S. The quantitative estimate of drug-likeness (QED) is 0.535. The SMILES string of the molecule is CCOC(=O)[C@H](Sc1nccn2ccnc12)c1ccccc1. The Morgan fingerprint density at radius 3 is 2.68 bits per heavy atom. The van der Waals surface area contributed by atoms with Crippen LogP contribution in [0.25, 0.3) is 5.65 Å². The van der Waals surface area contributed by atoms with E-state index in [4.69, 9.17) is 4.74 Å². The summed E-state index contributed by atoms with van der Waals surface area (Å²) in [5.74, 6) is -0.269. The molecule has 112 valence electrons. The molecule has 5 nitrogen and oxygen atoms in total. The maximum absolute atomic E-state index is 12.3. The third-order valence-electron chi connectivity index (χ3n) is 3.11.